The monoisotopic (exact) mass is 383 g/mol. The third-order valence-electron chi connectivity index (χ3n) is 5.02. The lowest BCUT2D eigenvalue weighted by Crippen LogP contribution is -2.06. The lowest BCUT2D eigenvalue weighted by atomic mass is 9.96. The van der Waals surface area contributed by atoms with E-state index >= 15 is 0 Å². The molecule has 3 aromatic carbocycles. The number of para-hydroxylation sites is 2. The molecule has 2 aromatic heterocycles. The third-order valence-corrected chi connectivity index (χ3v) is 6.09. The number of hydrogen-bond acceptors (Lipinski definition) is 4. The maximum atomic E-state index is 12.7. The van der Waals surface area contributed by atoms with Gasteiger partial charge in [-0.05, 0) is 37.6 Å². The molecule has 0 fully saturated rings. The van der Waals surface area contributed by atoms with Crippen molar-refractivity contribution in [3.8, 4) is 21.7 Å². The highest BCUT2D eigenvalue weighted by atomic mass is 32.1. The molecule has 4 heteroatoms. The zero-order valence-electron chi connectivity index (χ0n) is 15.5. The van der Waals surface area contributed by atoms with E-state index in [1.165, 1.54) is 5.56 Å². The Hall–Kier alpha value is -3.24. The van der Waals surface area contributed by atoms with Crippen molar-refractivity contribution in [2.45, 2.75) is 13.8 Å². The molecule has 0 atom stereocenters. The van der Waals surface area contributed by atoms with Gasteiger partial charge in [0.05, 0.1) is 15.8 Å². The van der Waals surface area contributed by atoms with Crippen LogP contribution in [0.15, 0.2) is 75.9 Å². The van der Waals surface area contributed by atoms with E-state index in [2.05, 4.69) is 37.3 Å². The van der Waals surface area contributed by atoms with Crippen LogP contribution in [0.4, 0.5) is 0 Å². The van der Waals surface area contributed by atoms with Crippen LogP contribution in [0.5, 0.6) is 0 Å². The molecule has 0 bridgehead atoms. The SMILES string of the molecule is Cc1ccc(-c2c(C)c(=O)oc3c(-c4nc5ccccc5s4)cccc23)cc1. The Kier molecular flexibility index (Phi) is 3.88. The van der Waals surface area contributed by atoms with E-state index in [1.807, 2.05) is 43.3 Å². The number of aryl methyl sites for hydroxylation is 1. The second-order valence-corrected chi connectivity index (χ2v) is 7.96. The van der Waals surface area contributed by atoms with E-state index < -0.39 is 0 Å². The van der Waals surface area contributed by atoms with E-state index in [0.29, 0.717) is 11.1 Å². The minimum absolute atomic E-state index is 0.309. The average molecular weight is 383 g/mol. The first-order chi connectivity index (χ1) is 13.6. The number of benzene rings is 3. The van der Waals surface area contributed by atoms with Crippen LogP contribution in [0.1, 0.15) is 11.1 Å². The van der Waals surface area contributed by atoms with Crippen LogP contribution >= 0.6 is 11.3 Å². The molecular weight excluding hydrogens is 366 g/mol. The highest BCUT2D eigenvalue weighted by Crippen LogP contribution is 2.38. The smallest absolute Gasteiger partial charge is 0.339 e. The number of aromatic nitrogens is 1. The summed E-state index contributed by atoms with van der Waals surface area (Å²) in [6, 6.07) is 22.3. The first-order valence-corrected chi connectivity index (χ1v) is 9.93. The second kappa shape index (κ2) is 6.43. The van der Waals surface area contributed by atoms with Gasteiger partial charge in [0.2, 0.25) is 0 Å². The van der Waals surface area contributed by atoms with Crippen molar-refractivity contribution in [3.05, 3.63) is 88.3 Å². The summed E-state index contributed by atoms with van der Waals surface area (Å²) < 4.78 is 6.88. The zero-order valence-corrected chi connectivity index (χ0v) is 16.3. The summed E-state index contributed by atoms with van der Waals surface area (Å²) in [7, 11) is 0. The van der Waals surface area contributed by atoms with Crippen molar-refractivity contribution in [2.75, 3.05) is 0 Å². The number of rotatable bonds is 2. The predicted octanol–water partition coefficient (Wildman–Crippen LogP) is 6.35. The Morgan fingerprint density at radius 3 is 2.46 bits per heavy atom. The summed E-state index contributed by atoms with van der Waals surface area (Å²) >= 11 is 1.61. The van der Waals surface area contributed by atoms with Crippen LogP contribution in [-0.4, -0.2) is 4.98 Å². The van der Waals surface area contributed by atoms with Gasteiger partial charge >= 0.3 is 5.63 Å². The van der Waals surface area contributed by atoms with Crippen molar-refractivity contribution in [1.82, 2.24) is 4.98 Å². The fourth-order valence-electron chi connectivity index (χ4n) is 3.57. The molecule has 0 saturated carbocycles. The summed E-state index contributed by atoms with van der Waals surface area (Å²) in [4.78, 5) is 17.4. The molecule has 2 heterocycles. The molecular formula is C24H17NO2S. The normalized spacial score (nSPS) is 11.4. The van der Waals surface area contributed by atoms with Crippen molar-refractivity contribution in [3.63, 3.8) is 0 Å². The molecule has 0 unspecified atom stereocenters. The predicted molar refractivity (Wildman–Crippen MR) is 116 cm³/mol. The van der Waals surface area contributed by atoms with Gasteiger partial charge in [-0.3, -0.25) is 0 Å². The molecule has 0 amide bonds. The summed E-state index contributed by atoms with van der Waals surface area (Å²) in [6.45, 7) is 3.88. The molecule has 0 aliphatic rings. The van der Waals surface area contributed by atoms with Gasteiger partial charge in [0.1, 0.15) is 10.6 Å². The van der Waals surface area contributed by atoms with E-state index in [0.717, 1.165) is 37.3 Å². The molecule has 0 aliphatic carbocycles. The van der Waals surface area contributed by atoms with E-state index in [1.54, 1.807) is 11.3 Å². The lowest BCUT2D eigenvalue weighted by Gasteiger charge is -2.11. The fourth-order valence-corrected chi connectivity index (χ4v) is 4.55. The number of hydrogen-bond donors (Lipinski definition) is 0. The van der Waals surface area contributed by atoms with Crippen molar-refractivity contribution < 1.29 is 4.42 Å². The van der Waals surface area contributed by atoms with Crippen molar-refractivity contribution in [1.29, 1.82) is 0 Å². The molecule has 5 rings (SSSR count). The van der Waals surface area contributed by atoms with Gasteiger partial charge in [-0.25, -0.2) is 9.78 Å². The number of thiazole rings is 1. The quantitative estimate of drug-likeness (QED) is 0.333. The first kappa shape index (κ1) is 16.9. The average Bonchev–Trinajstić information content (AvgIpc) is 3.14. The Labute approximate surface area is 165 Å². The molecule has 0 radical (unpaired) electrons. The topological polar surface area (TPSA) is 43.1 Å². The van der Waals surface area contributed by atoms with Crippen LogP contribution in [0.2, 0.25) is 0 Å². The third kappa shape index (κ3) is 2.65. The zero-order chi connectivity index (χ0) is 19.3. The summed E-state index contributed by atoms with van der Waals surface area (Å²) in [5, 5.41) is 1.78. The van der Waals surface area contributed by atoms with Gasteiger partial charge in [0.15, 0.2) is 0 Å². The Bertz CT molecular complexity index is 1360. The van der Waals surface area contributed by atoms with Crippen molar-refractivity contribution in [2.24, 2.45) is 0 Å². The van der Waals surface area contributed by atoms with Gasteiger partial charge in [-0.1, -0.05) is 54.1 Å². The van der Waals surface area contributed by atoms with E-state index in [9.17, 15) is 4.79 Å². The molecule has 0 N–H and O–H groups in total. The Morgan fingerprint density at radius 1 is 0.893 bits per heavy atom. The summed E-state index contributed by atoms with van der Waals surface area (Å²) in [5.41, 5.74) is 5.83. The highest BCUT2D eigenvalue weighted by molar-refractivity contribution is 7.21. The molecule has 5 aromatic rings. The fraction of sp³-hybridized carbons (Fsp3) is 0.0833. The van der Waals surface area contributed by atoms with Crippen LogP contribution in [0.25, 0.3) is 42.9 Å². The van der Waals surface area contributed by atoms with Crippen molar-refractivity contribution >= 4 is 32.5 Å². The number of fused-ring (bicyclic) bond motifs is 2. The number of nitrogens with zero attached hydrogens (tertiary/aromatic N) is 1. The second-order valence-electron chi connectivity index (χ2n) is 6.92. The first-order valence-electron chi connectivity index (χ1n) is 9.11. The van der Waals surface area contributed by atoms with Crippen LogP contribution in [-0.2, 0) is 0 Å². The van der Waals surface area contributed by atoms with Crippen LogP contribution < -0.4 is 5.63 Å². The largest absolute Gasteiger partial charge is 0.422 e. The molecule has 136 valence electrons. The molecule has 0 saturated heterocycles. The van der Waals surface area contributed by atoms with Gasteiger partial charge in [0.25, 0.3) is 0 Å². The van der Waals surface area contributed by atoms with E-state index in [-0.39, 0.29) is 5.63 Å². The van der Waals surface area contributed by atoms with Gasteiger partial charge in [-0.2, -0.15) is 0 Å². The van der Waals surface area contributed by atoms with Crippen LogP contribution in [0, 0.1) is 13.8 Å². The molecule has 3 nitrogen and oxygen atoms in total. The van der Waals surface area contributed by atoms with Crippen LogP contribution in [0.3, 0.4) is 0 Å². The maximum Gasteiger partial charge on any atom is 0.339 e. The minimum atomic E-state index is -0.309. The lowest BCUT2D eigenvalue weighted by molar-refractivity contribution is 0.556. The van der Waals surface area contributed by atoms with Gasteiger partial charge in [-0.15, -0.1) is 11.3 Å². The van der Waals surface area contributed by atoms with Gasteiger partial charge < -0.3 is 4.42 Å². The summed E-state index contributed by atoms with van der Waals surface area (Å²) in [5.74, 6) is 0. The molecule has 0 spiro atoms. The Morgan fingerprint density at radius 2 is 1.68 bits per heavy atom. The standard InChI is InChI=1S/C24H17NO2S/c1-14-10-12-16(13-11-14)21-15(2)24(26)27-22-17(21)6-5-7-18(22)23-25-19-8-3-4-9-20(19)28-23/h3-13H,1-2H3. The minimum Gasteiger partial charge on any atom is -0.422 e. The van der Waals surface area contributed by atoms with Gasteiger partial charge in [0, 0.05) is 16.5 Å². The maximum absolute atomic E-state index is 12.7. The van der Waals surface area contributed by atoms with E-state index in [4.69, 9.17) is 9.40 Å². The highest BCUT2D eigenvalue weighted by Gasteiger charge is 2.18. The molecule has 28 heavy (non-hydrogen) atoms. The summed E-state index contributed by atoms with van der Waals surface area (Å²) in [6.07, 6.45) is 0. The molecule has 0 aliphatic heterocycles. The Balaban J connectivity index is 1.83.